The topological polar surface area (TPSA) is 114 Å². The number of aromatic nitrogens is 2. The highest BCUT2D eigenvalue weighted by molar-refractivity contribution is 14.1. The van der Waals surface area contributed by atoms with E-state index in [0.717, 1.165) is 5.39 Å². The van der Waals surface area contributed by atoms with Gasteiger partial charge in [0.2, 0.25) is 5.82 Å². The number of ether oxygens (including phenoxy) is 4. The van der Waals surface area contributed by atoms with Gasteiger partial charge in [-0.15, -0.1) is 0 Å². The summed E-state index contributed by atoms with van der Waals surface area (Å²) in [5.74, 6) is 1.48. The number of hydrogen-bond donors (Lipinski definition) is 0. The van der Waals surface area contributed by atoms with E-state index in [4.69, 9.17) is 28.3 Å². The molecule has 0 amide bonds. The van der Waals surface area contributed by atoms with Crippen LogP contribution in [0.15, 0.2) is 75.0 Å². The molecule has 10 nitrogen and oxygen atoms in total. The highest BCUT2D eigenvalue weighted by Gasteiger charge is 2.21. The summed E-state index contributed by atoms with van der Waals surface area (Å²) < 4.78 is 29.5. The number of methoxy groups -OCH3 is 3. The van der Waals surface area contributed by atoms with Gasteiger partial charge in [-0.3, -0.25) is 4.79 Å². The molecule has 0 radical (unpaired) electrons. The van der Waals surface area contributed by atoms with Crippen LogP contribution in [-0.4, -0.2) is 49.3 Å². The Morgan fingerprint density at radius 1 is 1.02 bits per heavy atom. The summed E-state index contributed by atoms with van der Waals surface area (Å²) in [6.45, 7) is 1.59. The summed E-state index contributed by atoms with van der Waals surface area (Å²) in [5, 5.41) is 5.67. The minimum Gasteiger partial charge on any atom is -0.496 e. The number of hydrogen-bond acceptors (Lipinski definition) is 9. The zero-order valence-corrected chi connectivity index (χ0v) is 24.2. The molecule has 11 heteroatoms. The summed E-state index contributed by atoms with van der Waals surface area (Å²) in [4.78, 5) is 30.2. The number of para-hydroxylation sites is 1. The van der Waals surface area contributed by atoms with E-state index in [1.54, 1.807) is 50.4 Å². The molecule has 5 rings (SSSR count). The van der Waals surface area contributed by atoms with E-state index in [1.807, 2.05) is 24.3 Å². The number of furan rings is 1. The number of benzene rings is 3. The molecule has 0 aliphatic carbocycles. The predicted molar refractivity (Wildman–Crippen MR) is 159 cm³/mol. The zero-order valence-electron chi connectivity index (χ0n) is 22.0. The average Bonchev–Trinajstić information content (AvgIpc) is 3.41. The van der Waals surface area contributed by atoms with E-state index in [9.17, 15) is 9.59 Å². The van der Waals surface area contributed by atoms with Crippen molar-refractivity contribution in [2.75, 3.05) is 21.3 Å². The molecule has 0 aliphatic rings. The van der Waals surface area contributed by atoms with Gasteiger partial charge in [0.05, 0.1) is 47.4 Å². The maximum absolute atomic E-state index is 13.6. The van der Waals surface area contributed by atoms with Crippen molar-refractivity contribution in [3.8, 4) is 28.8 Å². The molecule has 3 aromatic carbocycles. The number of rotatable bonds is 8. The molecule has 204 valence electrons. The van der Waals surface area contributed by atoms with Crippen molar-refractivity contribution in [3.63, 3.8) is 0 Å². The Labute approximate surface area is 242 Å². The highest BCUT2D eigenvalue weighted by Crippen LogP contribution is 2.35. The average molecular weight is 653 g/mol. The highest BCUT2D eigenvalue weighted by atomic mass is 127. The van der Waals surface area contributed by atoms with E-state index in [-0.39, 0.29) is 11.4 Å². The third-order valence-electron chi connectivity index (χ3n) is 6.12. The molecule has 40 heavy (non-hydrogen) atoms. The number of nitrogens with zero attached hydrogens (tertiary/aromatic N) is 3. The lowest BCUT2D eigenvalue weighted by Crippen LogP contribution is -2.25. The fourth-order valence-electron chi connectivity index (χ4n) is 4.16. The quantitative estimate of drug-likeness (QED) is 0.127. The first-order valence-corrected chi connectivity index (χ1v) is 13.2. The lowest BCUT2D eigenvalue weighted by atomic mass is 10.2. The second-order valence-corrected chi connectivity index (χ2v) is 9.78. The largest absolute Gasteiger partial charge is 0.496 e. The molecule has 2 aromatic heterocycles. The van der Waals surface area contributed by atoms with E-state index in [2.05, 4.69) is 27.7 Å². The Morgan fingerprint density at radius 3 is 2.55 bits per heavy atom. The monoisotopic (exact) mass is 653 g/mol. The first-order chi connectivity index (χ1) is 19.3. The van der Waals surface area contributed by atoms with Crippen LogP contribution in [0.3, 0.4) is 0 Å². The summed E-state index contributed by atoms with van der Waals surface area (Å²) in [7, 11) is 4.37. The van der Waals surface area contributed by atoms with Gasteiger partial charge in [-0.1, -0.05) is 18.2 Å². The Balaban J connectivity index is 1.62. The van der Waals surface area contributed by atoms with Crippen LogP contribution in [0.5, 0.6) is 17.2 Å². The van der Waals surface area contributed by atoms with Gasteiger partial charge in [0, 0.05) is 0 Å². The molecule has 1 atom stereocenters. The second-order valence-electron chi connectivity index (χ2n) is 8.61. The minimum absolute atomic E-state index is 0.228. The number of carbonyl (C=O) groups is 1. The van der Waals surface area contributed by atoms with Crippen molar-refractivity contribution < 1.29 is 28.2 Å². The third kappa shape index (κ3) is 5.11. The smallest absolute Gasteiger partial charge is 0.346 e. The molecule has 0 saturated carbocycles. The van der Waals surface area contributed by atoms with E-state index < -0.39 is 12.1 Å². The Hall–Kier alpha value is -4.39. The number of fused-ring (bicyclic) bond motifs is 2. The van der Waals surface area contributed by atoms with Gasteiger partial charge in [0.1, 0.15) is 11.3 Å². The standard InChI is InChI=1S/C29H24IN3O7/c1-16(29(35)38-4)39-26-20(30)12-17(13-24(26)37-3)15-31-33-27(32-21-9-6-5-8-18(21)28(33)34)25-14-19-22(36-2)10-7-11-23(19)40-25/h5-16H,1-4H3/t16-/m1/s1. The fraction of sp³-hybridized carbons (Fsp3) is 0.172. The summed E-state index contributed by atoms with van der Waals surface area (Å²) in [5.41, 5.74) is 1.36. The normalized spacial score (nSPS) is 12.1. The molecule has 0 spiro atoms. The predicted octanol–water partition coefficient (Wildman–Crippen LogP) is 5.25. The van der Waals surface area contributed by atoms with Crippen molar-refractivity contribution in [3.05, 3.63) is 80.2 Å². The molecular weight excluding hydrogens is 629 g/mol. The van der Waals surface area contributed by atoms with Crippen molar-refractivity contribution in [2.24, 2.45) is 5.10 Å². The number of carbonyl (C=O) groups excluding carboxylic acids is 1. The van der Waals surface area contributed by atoms with Crippen LogP contribution in [0.4, 0.5) is 0 Å². The second kappa shape index (κ2) is 11.4. The van der Waals surface area contributed by atoms with Gasteiger partial charge < -0.3 is 23.4 Å². The van der Waals surface area contributed by atoms with E-state index >= 15 is 0 Å². The first kappa shape index (κ1) is 27.2. The van der Waals surface area contributed by atoms with Gasteiger partial charge in [-0.2, -0.15) is 9.78 Å². The number of esters is 1. The SMILES string of the molecule is COC(=O)[C@@H](C)Oc1c(I)cc(C=Nn2c(-c3cc4c(OC)cccc4o3)nc3ccccc3c2=O)cc1OC. The number of halogens is 1. The van der Waals surface area contributed by atoms with Crippen molar-refractivity contribution in [2.45, 2.75) is 13.0 Å². The lowest BCUT2D eigenvalue weighted by Gasteiger charge is -2.17. The van der Waals surface area contributed by atoms with Crippen LogP contribution in [0.25, 0.3) is 33.5 Å². The van der Waals surface area contributed by atoms with E-state index in [1.165, 1.54) is 25.1 Å². The Kier molecular flexibility index (Phi) is 7.74. The van der Waals surface area contributed by atoms with Crippen LogP contribution in [0, 0.1) is 3.57 Å². The molecule has 5 aromatic rings. The molecule has 0 unspecified atom stereocenters. The van der Waals surface area contributed by atoms with E-state index in [0.29, 0.717) is 48.6 Å². The summed E-state index contributed by atoms with van der Waals surface area (Å²) in [6, 6.07) is 17.8. The van der Waals surface area contributed by atoms with Gasteiger partial charge in [0.25, 0.3) is 5.56 Å². The van der Waals surface area contributed by atoms with Crippen molar-refractivity contribution >= 4 is 56.6 Å². The maximum atomic E-state index is 13.6. The molecule has 0 bridgehead atoms. The Morgan fingerprint density at radius 2 is 1.80 bits per heavy atom. The summed E-state index contributed by atoms with van der Waals surface area (Å²) in [6.07, 6.45) is 0.683. The molecule has 0 aliphatic heterocycles. The third-order valence-corrected chi connectivity index (χ3v) is 6.92. The molecular formula is C29H24IN3O7. The molecule has 2 heterocycles. The molecule has 0 N–H and O–H groups in total. The van der Waals surface area contributed by atoms with Gasteiger partial charge in [0.15, 0.2) is 23.4 Å². The van der Waals surface area contributed by atoms with Crippen molar-refractivity contribution in [1.82, 2.24) is 9.66 Å². The van der Waals surface area contributed by atoms with Crippen LogP contribution in [0.2, 0.25) is 0 Å². The van der Waals surface area contributed by atoms with Crippen LogP contribution < -0.4 is 19.8 Å². The summed E-state index contributed by atoms with van der Waals surface area (Å²) >= 11 is 2.08. The zero-order chi connectivity index (χ0) is 28.4. The van der Waals surface area contributed by atoms with Crippen LogP contribution >= 0.6 is 22.6 Å². The van der Waals surface area contributed by atoms with Gasteiger partial charge >= 0.3 is 5.97 Å². The van der Waals surface area contributed by atoms with Crippen LogP contribution in [0.1, 0.15) is 12.5 Å². The maximum Gasteiger partial charge on any atom is 0.346 e. The molecule has 0 saturated heterocycles. The Bertz CT molecular complexity index is 1830. The van der Waals surface area contributed by atoms with Gasteiger partial charge in [-0.25, -0.2) is 9.78 Å². The van der Waals surface area contributed by atoms with Gasteiger partial charge in [-0.05, 0) is 77.5 Å². The fourth-order valence-corrected chi connectivity index (χ4v) is 4.91. The molecule has 0 fully saturated rings. The minimum atomic E-state index is -0.834. The lowest BCUT2D eigenvalue weighted by molar-refractivity contribution is -0.148. The van der Waals surface area contributed by atoms with Crippen LogP contribution in [-0.2, 0) is 9.53 Å². The first-order valence-electron chi connectivity index (χ1n) is 12.1. The van der Waals surface area contributed by atoms with Crippen molar-refractivity contribution in [1.29, 1.82) is 0 Å².